The highest BCUT2D eigenvalue weighted by Crippen LogP contribution is 2.20. The van der Waals surface area contributed by atoms with Crippen molar-refractivity contribution in [2.24, 2.45) is 0 Å². The van der Waals surface area contributed by atoms with Crippen molar-refractivity contribution in [3.63, 3.8) is 0 Å². The van der Waals surface area contributed by atoms with E-state index in [9.17, 15) is 14.4 Å². The Hall–Kier alpha value is -2.82. The molecule has 0 radical (unpaired) electrons. The molecule has 1 aromatic carbocycles. The monoisotopic (exact) mass is 496 g/mol. The number of halogens is 1. The van der Waals surface area contributed by atoms with Crippen LogP contribution in [0, 0.1) is 0 Å². The minimum atomic E-state index is -1.26. The van der Waals surface area contributed by atoms with E-state index in [1.54, 1.807) is 0 Å². The molecule has 2 saturated heterocycles. The molecule has 0 saturated carbocycles. The number of ether oxygens (including phenoxy) is 1. The summed E-state index contributed by atoms with van der Waals surface area (Å²) < 4.78 is 5.07. The standard InChI is InChI=1S/C19H29ClN4O2.C4H4O4/c1-2-26-19(25)24-14-10-22(11-15-24)7-6-21-8-12-23(13-9-21)18-5-3-4-17(20)16-18;5-3(6)1-2-4(7)8/h3-5,16H,2,6-15H2,1H3;1-2H,(H,5,6)(H,7,8)/b;2-1+. The van der Waals surface area contributed by atoms with Gasteiger partial charge in [0.15, 0.2) is 0 Å². The lowest BCUT2D eigenvalue weighted by molar-refractivity contribution is -0.134. The van der Waals surface area contributed by atoms with Crippen LogP contribution in [-0.2, 0) is 14.3 Å². The topological polar surface area (TPSA) is 114 Å². The number of carboxylic acid groups (broad SMARTS) is 2. The van der Waals surface area contributed by atoms with Crippen LogP contribution in [0.3, 0.4) is 0 Å². The Morgan fingerprint density at radius 2 is 1.44 bits per heavy atom. The second kappa shape index (κ2) is 14.4. The number of piperazine rings is 2. The molecule has 34 heavy (non-hydrogen) atoms. The third-order valence-electron chi connectivity index (χ3n) is 5.54. The number of benzene rings is 1. The Balaban J connectivity index is 0.000000440. The number of hydrogen-bond acceptors (Lipinski definition) is 7. The van der Waals surface area contributed by atoms with Gasteiger partial charge >= 0.3 is 18.0 Å². The average Bonchev–Trinajstić information content (AvgIpc) is 2.83. The van der Waals surface area contributed by atoms with E-state index in [4.69, 9.17) is 26.6 Å². The summed E-state index contributed by atoms with van der Waals surface area (Å²) in [4.78, 5) is 40.0. The van der Waals surface area contributed by atoms with Crippen LogP contribution < -0.4 is 4.90 Å². The summed E-state index contributed by atoms with van der Waals surface area (Å²) in [5, 5.41) is 16.4. The minimum Gasteiger partial charge on any atom is -0.478 e. The van der Waals surface area contributed by atoms with Crippen LogP contribution in [0.15, 0.2) is 36.4 Å². The lowest BCUT2D eigenvalue weighted by Gasteiger charge is -2.38. The number of nitrogens with zero attached hydrogens (tertiary/aromatic N) is 4. The van der Waals surface area contributed by atoms with Crippen molar-refractivity contribution in [2.75, 3.05) is 77.0 Å². The number of amides is 1. The van der Waals surface area contributed by atoms with Crippen molar-refractivity contribution >= 4 is 35.3 Å². The van der Waals surface area contributed by atoms with Crippen molar-refractivity contribution in [1.29, 1.82) is 0 Å². The van der Waals surface area contributed by atoms with Gasteiger partial charge in [-0.1, -0.05) is 17.7 Å². The first-order valence-corrected chi connectivity index (χ1v) is 11.7. The van der Waals surface area contributed by atoms with Crippen molar-refractivity contribution < 1.29 is 29.3 Å². The van der Waals surface area contributed by atoms with Crippen molar-refractivity contribution in [3.05, 3.63) is 41.4 Å². The molecule has 1 aromatic rings. The number of aliphatic carboxylic acids is 2. The Morgan fingerprint density at radius 1 is 0.912 bits per heavy atom. The Labute approximate surface area is 204 Å². The zero-order chi connectivity index (χ0) is 24.9. The van der Waals surface area contributed by atoms with Gasteiger partial charge in [0, 0.05) is 88.3 Å². The molecule has 10 nitrogen and oxygen atoms in total. The molecule has 11 heteroatoms. The van der Waals surface area contributed by atoms with E-state index in [1.165, 1.54) is 5.69 Å². The molecule has 0 aromatic heterocycles. The highest BCUT2D eigenvalue weighted by atomic mass is 35.5. The molecule has 2 aliphatic heterocycles. The summed E-state index contributed by atoms with van der Waals surface area (Å²) in [6.45, 7) is 12.1. The van der Waals surface area contributed by atoms with Crippen LogP contribution in [0.5, 0.6) is 0 Å². The predicted octanol–water partition coefficient (Wildman–Crippen LogP) is 1.95. The van der Waals surface area contributed by atoms with Gasteiger partial charge in [-0.15, -0.1) is 0 Å². The lowest BCUT2D eigenvalue weighted by atomic mass is 10.2. The molecule has 2 aliphatic rings. The molecule has 2 heterocycles. The fourth-order valence-corrected chi connectivity index (χ4v) is 3.88. The third kappa shape index (κ3) is 9.98. The van der Waals surface area contributed by atoms with E-state index in [2.05, 4.69) is 20.8 Å². The molecule has 3 rings (SSSR count). The van der Waals surface area contributed by atoms with E-state index in [0.29, 0.717) is 18.8 Å². The van der Waals surface area contributed by atoms with E-state index in [0.717, 1.165) is 70.5 Å². The molecule has 188 valence electrons. The first-order chi connectivity index (χ1) is 16.3. The van der Waals surface area contributed by atoms with Gasteiger partial charge < -0.3 is 24.7 Å². The molecule has 0 unspecified atom stereocenters. The van der Waals surface area contributed by atoms with Gasteiger partial charge in [0.1, 0.15) is 0 Å². The molecule has 0 aliphatic carbocycles. The number of carboxylic acids is 2. The smallest absolute Gasteiger partial charge is 0.409 e. The van der Waals surface area contributed by atoms with Gasteiger partial charge in [-0.25, -0.2) is 14.4 Å². The normalized spacial score (nSPS) is 17.2. The summed E-state index contributed by atoms with van der Waals surface area (Å²) in [7, 11) is 0. The summed E-state index contributed by atoms with van der Waals surface area (Å²) in [5.41, 5.74) is 1.22. The van der Waals surface area contributed by atoms with E-state index >= 15 is 0 Å². The van der Waals surface area contributed by atoms with Gasteiger partial charge in [-0.3, -0.25) is 9.80 Å². The second-order valence-electron chi connectivity index (χ2n) is 7.85. The maximum absolute atomic E-state index is 11.7. The Morgan fingerprint density at radius 3 is 1.91 bits per heavy atom. The van der Waals surface area contributed by atoms with Crippen LogP contribution in [-0.4, -0.2) is 115 Å². The second-order valence-corrected chi connectivity index (χ2v) is 8.28. The van der Waals surface area contributed by atoms with Crippen LogP contribution in [0.25, 0.3) is 0 Å². The zero-order valence-electron chi connectivity index (χ0n) is 19.4. The number of hydrogen-bond donors (Lipinski definition) is 2. The number of carbonyl (C=O) groups excluding carboxylic acids is 1. The van der Waals surface area contributed by atoms with Crippen LogP contribution in [0.4, 0.5) is 10.5 Å². The van der Waals surface area contributed by atoms with E-state index in [1.807, 2.05) is 30.0 Å². The predicted molar refractivity (Wildman–Crippen MR) is 130 cm³/mol. The highest BCUT2D eigenvalue weighted by Gasteiger charge is 2.23. The van der Waals surface area contributed by atoms with Crippen LogP contribution >= 0.6 is 11.6 Å². The van der Waals surface area contributed by atoms with Crippen LogP contribution in [0.2, 0.25) is 5.02 Å². The van der Waals surface area contributed by atoms with Gasteiger partial charge in [-0.2, -0.15) is 0 Å². The van der Waals surface area contributed by atoms with Crippen molar-refractivity contribution in [1.82, 2.24) is 14.7 Å². The van der Waals surface area contributed by atoms with Crippen molar-refractivity contribution in [2.45, 2.75) is 6.92 Å². The first kappa shape index (κ1) is 27.4. The maximum Gasteiger partial charge on any atom is 0.409 e. The van der Waals surface area contributed by atoms with Gasteiger partial charge in [0.25, 0.3) is 0 Å². The summed E-state index contributed by atoms with van der Waals surface area (Å²) in [6, 6.07) is 8.10. The molecule has 1 amide bonds. The molecular weight excluding hydrogens is 464 g/mol. The quantitative estimate of drug-likeness (QED) is 0.546. The van der Waals surface area contributed by atoms with Gasteiger partial charge in [0.2, 0.25) is 0 Å². The fraction of sp³-hybridized carbons (Fsp3) is 0.522. The zero-order valence-corrected chi connectivity index (χ0v) is 20.2. The Bertz CT molecular complexity index is 821. The molecule has 0 bridgehead atoms. The van der Waals surface area contributed by atoms with E-state index in [-0.39, 0.29) is 6.09 Å². The lowest BCUT2D eigenvalue weighted by Crippen LogP contribution is -2.52. The molecule has 0 spiro atoms. The first-order valence-electron chi connectivity index (χ1n) is 11.3. The third-order valence-corrected chi connectivity index (χ3v) is 5.78. The van der Waals surface area contributed by atoms with Gasteiger partial charge in [0.05, 0.1) is 6.61 Å². The maximum atomic E-state index is 11.7. The molecule has 2 fully saturated rings. The minimum absolute atomic E-state index is 0.177. The average molecular weight is 497 g/mol. The highest BCUT2D eigenvalue weighted by molar-refractivity contribution is 6.30. The number of rotatable bonds is 7. The summed E-state index contributed by atoms with van der Waals surface area (Å²) in [5.74, 6) is -2.51. The SMILES string of the molecule is CCOC(=O)N1CCN(CCN2CCN(c3cccc(Cl)c3)CC2)CC1.O=C(O)/C=C/C(=O)O. The van der Waals surface area contributed by atoms with Crippen molar-refractivity contribution in [3.8, 4) is 0 Å². The summed E-state index contributed by atoms with van der Waals surface area (Å²) >= 11 is 6.10. The van der Waals surface area contributed by atoms with Crippen LogP contribution in [0.1, 0.15) is 6.92 Å². The largest absolute Gasteiger partial charge is 0.478 e. The van der Waals surface area contributed by atoms with E-state index < -0.39 is 11.9 Å². The van der Waals surface area contributed by atoms with Gasteiger partial charge in [-0.05, 0) is 25.1 Å². The summed E-state index contributed by atoms with van der Waals surface area (Å²) in [6.07, 6.45) is 0.939. The number of anilines is 1. The number of carbonyl (C=O) groups is 3. The molecule has 0 atom stereocenters. The fourth-order valence-electron chi connectivity index (χ4n) is 3.70. The molecular formula is C23H33ClN4O6. The molecule has 2 N–H and O–H groups in total. The Kier molecular flexibility index (Phi) is 11.7.